The molecule has 0 radical (unpaired) electrons. The molecule has 1 unspecified atom stereocenters. The molecule has 3 aliphatic carbocycles. The van der Waals surface area contributed by atoms with Crippen LogP contribution in [0.4, 0.5) is 0 Å². The number of allylic oxidation sites excluding steroid dienone is 1. The van der Waals surface area contributed by atoms with Crippen molar-refractivity contribution >= 4 is 39.0 Å². The number of furan rings is 1. The van der Waals surface area contributed by atoms with Crippen LogP contribution in [-0.2, 0) is 11.8 Å². The molecule has 3 heterocycles. The Balaban J connectivity index is 1.05. The van der Waals surface area contributed by atoms with E-state index in [9.17, 15) is 5.26 Å². The van der Waals surface area contributed by atoms with E-state index in [1.807, 2.05) is 42.5 Å². The average molecular weight is 747 g/mol. The van der Waals surface area contributed by atoms with Crippen LogP contribution in [-0.4, -0.2) is 14.5 Å². The molecule has 5 heteroatoms. The Hall–Kier alpha value is -7.03. The van der Waals surface area contributed by atoms with Crippen molar-refractivity contribution < 1.29 is 4.42 Å². The Bertz CT molecular complexity index is 3190. The summed E-state index contributed by atoms with van der Waals surface area (Å²) in [4.78, 5) is 10.4. The minimum atomic E-state index is -0.0619. The molecule has 9 aromatic rings. The first kappa shape index (κ1) is 33.1. The van der Waals surface area contributed by atoms with E-state index < -0.39 is 0 Å². The van der Waals surface area contributed by atoms with E-state index in [0.717, 1.165) is 45.4 Å². The Morgan fingerprint density at radius 2 is 1.45 bits per heavy atom. The molecular formula is C53H38N4O. The van der Waals surface area contributed by atoms with Gasteiger partial charge in [0.15, 0.2) is 11.4 Å². The number of hydrogen-bond donors (Lipinski definition) is 0. The summed E-state index contributed by atoms with van der Waals surface area (Å²) in [5.74, 6) is 0.564. The molecule has 1 spiro atoms. The lowest BCUT2D eigenvalue weighted by molar-refractivity contribution is 0.353. The molecule has 1 atom stereocenters. The summed E-state index contributed by atoms with van der Waals surface area (Å²) in [6, 6.07) is 51.9. The molecule has 276 valence electrons. The number of aromatic nitrogens is 3. The molecule has 0 bridgehead atoms. The third-order valence-corrected chi connectivity index (χ3v) is 13.2. The summed E-state index contributed by atoms with van der Waals surface area (Å²) >= 11 is 0. The van der Waals surface area contributed by atoms with Gasteiger partial charge in [-0.25, -0.2) is 9.97 Å². The lowest BCUT2D eigenvalue weighted by Gasteiger charge is -2.36. The second kappa shape index (κ2) is 12.7. The highest BCUT2D eigenvalue weighted by Crippen LogP contribution is 2.58. The number of nitriles is 1. The van der Waals surface area contributed by atoms with E-state index >= 15 is 0 Å². The van der Waals surface area contributed by atoms with Crippen molar-refractivity contribution in [3.8, 4) is 45.4 Å². The van der Waals surface area contributed by atoms with Crippen molar-refractivity contribution in [1.82, 2.24) is 14.5 Å². The van der Waals surface area contributed by atoms with Gasteiger partial charge in [0.2, 0.25) is 0 Å². The minimum Gasteiger partial charge on any atom is -0.452 e. The molecule has 3 aromatic heterocycles. The molecule has 0 amide bonds. The van der Waals surface area contributed by atoms with Crippen LogP contribution in [0.3, 0.4) is 0 Å². The highest BCUT2D eigenvalue weighted by atomic mass is 16.3. The lowest BCUT2D eigenvalue weighted by Crippen LogP contribution is -2.27. The minimum absolute atomic E-state index is 0.0619. The lowest BCUT2D eigenvalue weighted by atomic mass is 9.68. The summed E-state index contributed by atoms with van der Waals surface area (Å²) < 4.78 is 9.02. The van der Waals surface area contributed by atoms with Crippen LogP contribution in [0.2, 0.25) is 0 Å². The van der Waals surface area contributed by atoms with Gasteiger partial charge in [-0.2, -0.15) is 5.26 Å². The average Bonchev–Trinajstić information content (AvgIpc) is 3.92. The molecule has 1 fully saturated rings. The third kappa shape index (κ3) is 4.82. The van der Waals surface area contributed by atoms with E-state index in [2.05, 4.69) is 120 Å². The van der Waals surface area contributed by atoms with Gasteiger partial charge in [0.05, 0.1) is 22.8 Å². The van der Waals surface area contributed by atoms with E-state index in [1.165, 1.54) is 87.6 Å². The number of rotatable bonds is 4. The quantitative estimate of drug-likeness (QED) is 0.180. The van der Waals surface area contributed by atoms with E-state index in [4.69, 9.17) is 14.4 Å². The summed E-state index contributed by atoms with van der Waals surface area (Å²) in [5.41, 5.74) is 18.0. The van der Waals surface area contributed by atoms with Crippen molar-refractivity contribution in [2.45, 2.75) is 49.9 Å². The first-order chi connectivity index (χ1) is 28.7. The number of fused-ring (bicyclic) bond motifs is 11. The van der Waals surface area contributed by atoms with Gasteiger partial charge in [0.1, 0.15) is 11.1 Å². The second-order valence-corrected chi connectivity index (χ2v) is 16.3. The van der Waals surface area contributed by atoms with Crippen LogP contribution in [0.5, 0.6) is 0 Å². The van der Waals surface area contributed by atoms with Gasteiger partial charge in [0, 0.05) is 39.1 Å². The third-order valence-electron chi connectivity index (χ3n) is 13.2. The molecular weight excluding hydrogens is 709 g/mol. The highest BCUT2D eigenvalue weighted by Gasteiger charge is 2.44. The Labute approximate surface area is 336 Å². The topological polar surface area (TPSA) is 67.6 Å². The maximum absolute atomic E-state index is 9.49. The van der Waals surface area contributed by atoms with Gasteiger partial charge in [-0.05, 0) is 125 Å². The fourth-order valence-electron chi connectivity index (χ4n) is 10.6. The standard InChI is InChI=1S/C53H38N4O/c54-32-33-20-22-34(23-21-33)52-55-49(51-50(56-52)40-15-6-8-19-47(40)58-51)36-25-27-46-42(31-36)41-30-35(24-26-45(41)57(46)37-12-3-1-4-13-37)38-16-11-18-44-48(38)39-14-5-7-17-43(39)53(44)28-9-2-10-29-53/h1,3-8,11-27,30,36H,2,9-10,28-29,31H2. The molecule has 0 N–H and O–H groups in total. The fourth-order valence-corrected chi connectivity index (χ4v) is 10.6. The van der Waals surface area contributed by atoms with Crippen LogP contribution >= 0.6 is 0 Å². The van der Waals surface area contributed by atoms with Gasteiger partial charge >= 0.3 is 0 Å². The molecule has 5 nitrogen and oxygen atoms in total. The van der Waals surface area contributed by atoms with Gasteiger partial charge < -0.3 is 8.98 Å². The van der Waals surface area contributed by atoms with E-state index in [0.29, 0.717) is 11.4 Å². The molecule has 6 aromatic carbocycles. The molecule has 1 saturated carbocycles. The second-order valence-electron chi connectivity index (χ2n) is 16.3. The molecule has 58 heavy (non-hydrogen) atoms. The fraction of sp³-hybridized carbons (Fsp3) is 0.151. The van der Waals surface area contributed by atoms with Crippen LogP contribution in [0, 0.1) is 11.3 Å². The molecule has 12 rings (SSSR count). The number of hydrogen-bond acceptors (Lipinski definition) is 4. The van der Waals surface area contributed by atoms with Crippen LogP contribution in [0.15, 0.2) is 150 Å². The monoisotopic (exact) mass is 746 g/mol. The number of para-hydroxylation sites is 2. The summed E-state index contributed by atoms with van der Waals surface area (Å²) in [6.45, 7) is 0. The number of nitrogens with zero attached hydrogens (tertiary/aromatic N) is 4. The zero-order chi connectivity index (χ0) is 38.4. The summed E-state index contributed by atoms with van der Waals surface area (Å²) in [7, 11) is 0. The van der Waals surface area contributed by atoms with Crippen molar-refractivity contribution in [1.29, 1.82) is 5.26 Å². The first-order valence-electron chi connectivity index (χ1n) is 20.5. The Morgan fingerprint density at radius 3 is 2.31 bits per heavy atom. The van der Waals surface area contributed by atoms with Crippen LogP contribution < -0.4 is 0 Å². The Morgan fingerprint density at radius 1 is 0.690 bits per heavy atom. The highest BCUT2D eigenvalue weighted by molar-refractivity contribution is 6.04. The predicted octanol–water partition coefficient (Wildman–Crippen LogP) is 13.1. The number of benzene rings is 6. The van der Waals surface area contributed by atoms with E-state index in [1.54, 1.807) is 0 Å². The van der Waals surface area contributed by atoms with Gasteiger partial charge in [-0.1, -0.05) is 104 Å². The van der Waals surface area contributed by atoms with E-state index in [-0.39, 0.29) is 11.3 Å². The van der Waals surface area contributed by atoms with Gasteiger partial charge in [0.25, 0.3) is 0 Å². The molecule has 0 saturated heterocycles. The van der Waals surface area contributed by atoms with Gasteiger partial charge in [-0.15, -0.1) is 0 Å². The van der Waals surface area contributed by atoms with Crippen molar-refractivity contribution in [2.75, 3.05) is 0 Å². The predicted molar refractivity (Wildman–Crippen MR) is 233 cm³/mol. The first-order valence-corrected chi connectivity index (χ1v) is 20.5. The SMILES string of the molecule is N#Cc1ccc(-c2nc(C3C=Cc4c(c5cc(-c6cccc7c6-c6ccccc6C76CCCCC6)ccc5n4-c4ccccc4)C3)c3oc4ccccc4c3n2)cc1. The largest absolute Gasteiger partial charge is 0.452 e. The van der Waals surface area contributed by atoms with Gasteiger partial charge in [-0.3, -0.25) is 0 Å². The van der Waals surface area contributed by atoms with Crippen molar-refractivity contribution in [3.05, 3.63) is 179 Å². The molecule has 0 aliphatic heterocycles. The van der Waals surface area contributed by atoms with Crippen LogP contribution in [0.1, 0.15) is 71.7 Å². The maximum atomic E-state index is 9.49. The summed E-state index contributed by atoms with van der Waals surface area (Å²) in [5, 5.41) is 11.7. The summed E-state index contributed by atoms with van der Waals surface area (Å²) in [6.07, 6.45) is 11.6. The molecule has 3 aliphatic rings. The smallest absolute Gasteiger partial charge is 0.176 e. The maximum Gasteiger partial charge on any atom is 0.176 e. The van der Waals surface area contributed by atoms with Crippen molar-refractivity contribution in [2.24, 2.45) is 0 Å². The van der Waals surface area contributed by atoms with Crippen LogP contribution in [0.25, 0.3) is 78.4 Å². The van der Waals surface area contributed by atoms with Crippen molar-refractivity contribution in [3.63, 3.8) is 0 Å². The Kier molecular flexibility index (Phi) is 7.28. The zero-order valence-electron chi connectivity index (χ0n) is 32.0. The normalized spacial score (nSPS) is 16.4. The zero-order valence-corrected chi connectivity index (χ0v) is 32.0.